The standard InChI is InChI=1S/C50H29N5/c1-52-34-21-25-37(50(29-34)55-46-16-8-2-10-38(46)39-11-3-9-17-47(39)55)33-19-22-35(23-20-33)53-44-14-6-5-13-41(44)43-30-36(24-27-49(43)53)54-45-15-7-4-12-40(45)42-28-32(31-51)18-26-48(42)54/h2-30H. The molecule has 11 aromatic rings. The van der Waals surface area contributed by atoms with E-state index in [9.17, 15) is 5.26 Å². The molecule has 11 rings (SSSR count). The first-order valence-electron chi connectivity index (χ1n) is 18.3. The van der Waals surface area contributed by atoms with E-state index in [0.717, 1.165) is 72.1 Å². The molecule has 3 heterocycles. The normalized spacial score (nSPS) is 11.6. The van der Waals surface area contributed by atoms with Crippen LogP contribution >= 0.6 is 0 Å². The van der Waals surface area contributed by atoms with Crippen molar-refractivity contribution in [2.24, 2.45) is 0 Å². The third kappa shape index (κ3) is 4.51. The first kappa shape index (κ1) is 30.7. The van der Waals surface area contributed by atoms with E-state index in [1.807, 2.05) is 24.3 Å². The van der Waals surface area contributed by atoms with Crippen molar-refractivity contribution >= 4 is 71.1 Å². The van der Waals surface area contributed by atoms with Gasteiger partial charge in [0.15, 0.2) is 5.69 Å². The van der Waals surface area contributed by atoms with Gasteiger partial charge in [0, 0.05) is 54.9 Å². The second-order valence-electron chi connectivity index (χ2n) is 14.0. The van der Waals surface area contributed by atoms with E-state index in [4.69, 9.17) is 6.57 Å². The molecule has 254 valence electrons. The van der Waals surface area contributed by atoms with Crippen LogP contribution in [-0.4, -0.2) is 13.7 Å². The molecule has 0 amide bonds. The highest BCUT2D eigenvalue weighted by Gasteiger charge is 2.19. The van der Waals surface area contributed by atoms with E-state index in [-0.39, 0.29) is 0 Å². The second kappa shape index (κ2) is 11.8. The smallest absolute Gasteiger partial charge is 0.189 e. The maximum absolute atomic E-state index is 9.65. The first-order valence-corrected chi connectivity index (χ1v) is 18.3. The highest BCUT2D eigenvalue weighted by Crippen LogP contribution is 2.40. The topological polar surface area (TPSA) is 42.9 Å². The Kier molecular flexibility index (Phi) is 6.61. The van der Waals surface area contributed by atoms with E-state index < -0.39 is 0 Å². The van der Waals surface area contributed by atoms with E-state index >= 15 is 0 Å². The van der Waals surface area contributed by atoms with E-state index in [0.29, 0.717) is 11.3 Å². The van der Waals surface area contributed by atoms with Crippen LogP contribution in [0.3, 0.4) is 0 Å². The Bertz CT molecular complexity index is 3400. The zero-order valence-corrected chi connectivity index (χ0v) is 29.5. The first-order chi connectivity index (χ1) is 27.2. The van der Waals surface area contributed by atoms with Gasteiger partial charge < -0.3 is 13.7 Å². The quantitative estimate of drug-likeness (QED) is 0.169. The lowest BCUT2D eigenvalue weighted by Crippen LogP contribution is -1.98. The maximum Gasteiger partial charge on any atom is 0.189 e. The number of fused-ring (bicyclic) bond motifs is 9. The number of rotatable bonds is 4. The van der Waals surface area contributed by atoms with Crippen molar-refractivity contribution in [3.8, 4) is 34.3 Å². The molecule has 0 aliphatic rings. The molecule has 0 N–H and O–H groups in total. The number of hydrogen-bond donors (Lipinski definition) is 0. The van der Waals surface area contributed by atoms with Crippen LogP contribution in [0.15, 0.2) is 176 Å². The predicted octanol–water partition coefficient (Wildman–Crippen LogP) is 13.1. The fourth-order valence-electron chi connectivity index (χ4n) is 8.69. The average molecular weight is 700 g/mol. The van der Waals surface area contributed by atoms with Gasteiger partial charge in [-0.25, -0.2) is 4.85 Å². The Morgan fingerprint density at radius 2 is 0.891 bits per heavy atom. The van der Waals surface area contributed by atoms with Crippen molar-refractivity contribution in [1.29, 1.82) is 5.26 Å². The van der Waals surface area contributed by atoms with Gasteiger partial charge in [0.2, 0.25) is 0 Å². The average Bonchev–Trinajstić information content (AvgIpc) is 3.89. The van der Waals surface area contributed by atoms with Gasteiger partial charge in [-0.15, -0.1) is 0 Å². The lowest BCUT2D eigenvalue weighted by Gasteiger charge is -2.16. The lowest BCUT2D eigenvalue weighted by atomic mass is 10.0. The van der Waals surface area contributed by atoms with E-state index in [2.05, 4.69) is 176 Å². The fraction of sp³-hybridized carbons (Fsp3) is 0. The number of aromatic nitrogens is 3. The molecule has 0 fully saturated rings. The van der Waals surface area contributed by atoms with Gasteiger partial charge in [-0.3, -0.25) is 0 Å². The molecule has 55 heavy (non-hydrogen) atoms. The summed E-state index contributed by atoms with van der Waals surface area (Å²) in [5.74, 6) is 0. The van der Waals surface area contributed by atoms with Crippen molar-refractivity contribution in [2.75, 3.05) is 0 Å². The third-order valence-corrected chi connectivity index (χ3v) is 11.1. The van der Waals surface area contributed by atoms with Crippen LogP contribution in [0.2, 0.25) is 0 Å². The molecule has 5 heteroatoms. The van der Waals surface area contributed by atoms with Gasteiger partial charge in [-0.05, 0) is 84.4 Å². The summed E-state index contributed by atoms with van der Waals surface area (Å²) in [5, 5.41) is 16.6. The van der Waals surface area contributed by atoms with Crippen molar-refractivity contribution in [2.45, 2.75) is 0 Å². The Morgan fingerprint density at radius 1 is 0.418 bits per heavy atom. The zero-order valence-electron chi connectivity index (χ0n) is 29.5. The molecule has 0 atom stereocenters. The van der Waals surface area contributed by atoms with Crippen LogP contribution in [0.4, 0.5) is 5.69 Å². The van der Waals surface area contributed by atoms with E-state index in [1.165, 1.54) is 21.5 Å². The summed E-state index contributed by atoms with van der Waals surface area (Å²) in [5.41, 5.74) is 13.2. The fourth-order valence-corrected chi connectivity index (χ4v) is 8.69. The summed E-state index contributed by atoms with van der Waals surface area (Å²) in [6, 6.07) is 63.8. The van der Waals surface area contributed by atoms with Crippen LogP contribution < -0.4 is 0 Å². The largest absolute Gasteiger partial charge is 0.310 e. The minimum absolute atomic E-state index is 0.606. The third-order valence-electron chi connectivity index (χ3n) is 11.1. The monoisotopic (exact) mass is 699 g/mol. The summed E-state index contributed by atoms with van der Waals surface area (Å²) in [7, 11) is 0. The van der Waals surface area contributed by atoms with Crippen LogP contribution in [0.5, 0.6) is 0 Å². The van der Waals surface area contributed by atoms with Gasteiger partial charge in [0.25, 0.3) is 0 Å². The maximum atomic E-state index is 9.65. The van der Waals surface area contributed by atoms with Crippen molar-refractivity contribution in [3.05, 3.63) is 193 Å². The molecular formula is C50H29N5. The summed E-state index contributed by atoms with van der Waals surface area (Å²) in [6.07, 6.45) is 0. The lowest BCUT2D eigenvalue weighted by molar-refractivity contribution is 1.16. The number of para-hydroxylation sites is 4. The molecule has 0 spiro atoms. The molecule has 3 aromatic heterocycles. The second-order valence-corrected chi connectivity index (χ2v) is 14.0. The van der Waals surface area contributed by atoms with Gasteiger partial charge in [-0.2, -0.15) is 5.26 Å². The molecule has 0 saturated heterocycles. The highest BCUT2D eigenvalue weighted by atomic mass is 15.0. The Labute approximate surface area is 316 Å². The molecule has 8 aromatic carbocycles. The molecule has 0 unspecified atom stereocenters. The summed E-state index contributed by atoms with van der Waals surface area (Å²) >= 11 is 0. The van der Waals surface area contributed by atoms with Crippen LogP contribution in [-0.2, 0) is 0 Å². The molecule has 0 saturated carbocycles. The van der Waals surface area contributed by atoms with Crippen LogP contribution in [0.1, 0.15) is 5.56 Å². The SMILES string of the molecule is [C-]#[N+]c1ccc(-c2ccc(-n3c4ccccc4c4cc(-n5c6ccccc6c6cc(C#N)ccc65)ccc43)cc2)c(-n2c3ccccc3c3ccccc32)c1. The molecule has 0 aliphatic carbocycles. The van der Waals surface area contributed by atoms with Crippen LogP contribution in [0.25, 0.3) is 98.5 Å². The Morgan fingerprint density at radius 3 is 1.47 bits per heavy atom. The summed E-state index contributed by atoms with van der Waals surface area (Å²) < 4.78 is 6.95. The molecule has 0 bridgehead atoms. The number of benzene rings is 8. The highest BCUT2D eigenvalue weighted by molar-refractivity contribution is 6.13. The zero-order chi connectivity index (χ0) is 36.6. The number of nitrogens with zero attached hydrogens (tertiary/aromatic N) is 5. The molecule has 5 nitrogen and oxygen atoms in total. The minimum atomic E-state index is 0.606. The van der Waals surface area contributed by atoms with Crippen molar-refractivity contribution in [3.63, 3.8) is 0 Å². The van der Waals surface area contributed by atoms with Crippen molar-refractivity contribution in [1.82, 2.24) is 13.7 Å². The minimum Gasteiger partial charge on any atom is -0.310 e. The molecular weight excluding hydrogens is 671 g/mol. The number of nitriles is 1. The summed E-state index contributed by atoms with van der Waals surface area (Å²) in [4.78, 5) is 3.82. The number of hydrogen-bond acceptors (Lipinski definition) is 1. The van der Waals surface area contributed by atoms with Crippen molar-refractivity contribution < 1.29 is 0 Å². The van der Waals surface area contributed by atoms with Gasteiger partial charge in [0.05, 0.1) is 51.3 Å². The van der Waals surface area contributed by atoms with Gasteiger partial charge >= 0.3 is 0 Å². The molecule has 0 aliphatic heterocycles. The van der Waals surface area contributed by atoms with Gasteiger partial charge in [-0.1, -0.05) is 97.1 Å². The Balaban J connectivity index is 1.07. The Hall–Kier alpha value is -7.86. The van der Waals surface area contributed by atoms with E-state index in [1.54, 1.807) is 0 Å². The summed E-state index contributed by atoms with van der Waals surface area (Å²) in [6.45, 7) is 7.85. The van der Waals surface area contributed by atoms with Gasteiger partial charge in [0.1, 0.15) is 0 Å². The predicted molar refractivity (Wildman–Crippen MR) is 226 cm³/mol. The van der Waals surface area contributed by atoms with Crippen LogP contribution in [0, 0.1) is 17.9 Å². The molecule has 0 radical (unpaired) electrons.